The van der Waals surface area contributed by atoms with E-state index >= 15 is 0 Å². The number of aryl methyl sites for hydroxylation is 1. The van der Waals surface area contributed by atoms with Crippen LogP contribution < -0.4 is 5.43 Å². The predicted molar refractivity (Wildman–Crippen MR) is 112 cm³/mol. The summed E-state index contributed by atoms with van der Waals surface area (Å²) >= 11 is 6.88. The average Bonchev–Trinajstić information content (AvgIpc) is 2.89. The Balaban J connectivity index is 1.81. The van der Waals surface area contributed by atoms with Gasteiger partial charge in [0, 0.05) is 31.6 Å². The van der Waals surface area contributed by atoms with Crippen molar-refractivity contribution in [2.24, 2.45) is 5.10 Å². The van der Waals surface area contributed by atoms with Crippen LogP contribution in [-0.4, -0.2) is 16.7 Å². The lowest BCUT2D eigenvalue weighted by molar-refractivity contribution is 0.0954. The number of halogens is 2. The molecule has 0 fully saturated rings. The number of carbonyl (C=O) groups is 1. The van der Waals surface area contributed by atoms with E-state index in [9.17, 15) is 4.79 Å². The van der Waals surface area contributed by atoms with Gasteiger partial charge in [0.1, 0.15) is 0 Å². The number of aromatic nitrogens is 1. The minimum Gasteiger partial charge on any atom is -0.318 e. The molecule has 4 nitrogen and oxygen atoms in total. The van der Waals surface area contributed by atoms with Crippen LogP contribution in [-0.2, 0) is 0 Å². The van der Waals surface area contributed by atoms with Crippen molar-refractivity contribution in [2.75, 3.05) is 0 Å². The van der Waals surface area contributed by atoms with Gasteiger partial charge >= 0.3 is 0 Å². The molecular formula is C20H17Br2N3O. The molecule has 3 rings (SSSR count). The second-order valence-corrected chi connectivity index (χ2v) is 7.59. The minimum atomic E-state index is -0.255. The molecule has 1 N–H and O–H groups in total. The third-order valence-electron chi connectivity index (χ3n) is 4.02. The fraction of sp³-hybridized carbons (Fsp3) is 0.100. The van der Waals surface area contributed by atoms with Gasteiger partial charge in [0.05, 0.1) is 11.8 Å². The summed E-state index contributed by atoms with van der Waals surface area (Å²) in [5.74, 6) is -0.255. The molecule has 1 heterocycles. The van der Waals surface area contributed by atoms with Crippen LogP contribution >= 0.6 is 31.9 Å². The van der Waals surface area contributed by atoms with Crippen LogP contribution in [0.2, 0.25) is 0 Å². The second-order valence-electron chi connectivity index (χ2n) is 5.82. The maximum absolute atomic E-state index is 12.2. The molecule has 26 heavy (non-hydrogen) atoms. The maximum atomic E-state index is 12.2. The van der Waals surface area contributed by atoms with Gasteiger partial charge in [-0.15, -0.1) is 0 Å². The van der Waals surface area contributed by atoms with Gasteiger partial charge < -0.3 is 4.57 Å². The van der Waals surface area contributed by atoms with Crippen molar-refractivity contribution in [3.63, 3.8) is 0 Å². The van der Waals surface area contributed by atoms with Crippen LogP contribution in [0, 0.1) is 13.8 Å². The number of benzene rings is 2. The Bertz CT molecular complexity index is 992. The molecule has 0 aliphatic heterocycles. The van der Waals surface area contributed by atoms with Crippen molar-refractivity contribution >= 4 is 44.0 Å². The number of nitrogens with zero attached hydrogens (tertiary/aromatic N) is 2. The van der Waals surface area contributed by atoms with Crippen LogP contribution in [0.25, 0.3) is 5.69 Å². The van der Waals surface area contributed by atoms with Gasteiger partial charge in [0.25, 0.3) is 5.91 Å². The van der Waals surface area contributed by atoms with E-state index in [1.807, 2.05) is 50.2 Å². The fourth-order valence-corrected chi connectivity index (χ4v) is 3.65. The van der Waals surface area contributed by atoms with Crippen LogP contribution in [0.5, 0.6) is 0 Å². The molecular weight excluding hydrogens is 458 g/mol. The van der Waals surface area contributed by atoms with Gasteiger partial charge in [-0.05, 0) is 66.2 Å². The Hall–Kier alpha value is -2.18. The first-order chi connectivity index (χ1) is 12.5. The molecule has 0 atom stereocenters. The molecule has 0 radical (unpaired) electrons. The summed E-state index contributed by atoms with van der Waals surface area (Å²) < 4.78 is 3.92. The van der Waals surface area contributed by atoms with E-state index in [4.69, 9.17) is 0 Å². The Labute approximate surface area is 169 Å². The first-order valence-corrected chi connectivity index (χ1v) is 9.59. The highest BCUT2D eigenvalue weighted by Gasteiger charge is 2.11. The van der Waals surface area contributed by atoms with E-state index in [0.717, 1.165) is 31.6 Å². The van der Waals surface area contributed by atoms with E-state index in [1.54, 1.807) is 12.3 Å². The lowest BCUT2D eigenvalue weighted by Gasteiger charge is -2.09. The molecule has 1 amide bonds. The number of hydrogen-bond donors (Lipinski definition) is 1. The standard InChI is InChI=1S/C20H17Br2N3O/c1-13-10-15(14(2)25(13)17-7-5-6-16(21)11-17)12-23-24-20(26)18-8-3-4-9-19(18)22/h3-12H,1-2H3,(H,24,26)/b23-12+. The van der Waals surface area contributed by atoms with Crippen molar-refractivity contribution in [3.05, 3.63) is 86.1 Å². The summed E-state index contributed by atoms with van der Waals surface area (Å²) in [4.78, 5) is 12.2. The van der Waals surface area contributed by atoms with Gasteiger partial charge in [-0.1, -0.05) is 34.1 Å². The molecule has 0 bridgehead atoms. The molecule has 0 saturated carbocycles. The largest absolute Gasteiger partial charge is 0.318 e. The third kappa shape index (κ3) is 3.97. The number of amides is 1. The monoisotopic (exact) mass is 473 g/mol. The zero-order valence-corrected chi connectivity index (χ0v) is 17.5. The fourth-order valence-electron chi connectivity index (χ4n) is 2.80. The lowest BCUT2D eigenvalue weighted by Crippen LogP contribution is -2.18. The van der Waals surface area contributed by atoms with Crippen LogP contribution in [0.3, 0.4) is 0 Å². The van der Waals surface area contributed by atoms with Gasteiger partial charge in [0.15, 0.2) is 0 Å². The highest BCUT2D eigenvalue weighted by atomic mass is 79.9. The lowest BCUT2D eigenvalue weighted by atomic mass is 10.2. The molecule has 3 aromatic rings. The summed E-state index contributed by atoms with van der Waals surface area (Å²) in [5.41, 5.74) is 7.30. The molecule has 1 aromatic heterocycles. The molecule has 0 unspecified atom stereocenters. The molecule has 0 saturated heterocycles. The van der Waals surface area contributed by atoms with Gasteiger partial charge in [-0.2, -0.15) is 5.10 Å². The van der Waals surface area contributed by atoms with E-state index in [0.29, 0.717) is 5.56 Å². The van der Waals surface area contributed by atoms with E-state index < -0.39 is 0 Å². The van der Waals surface area contributed by atoms with E-state index in [-0.39, 0.29) is 5.91 Å². The van der Waals surface area contributed by atoms with Crippen LogP contribution in [0.15, 0.2) is 68.6 Å². The molecule has 2 aromatic carbocycles. The Morgan fingerprint density at radius 3 is 2.58 bits per heavy atom. The molecule has 132 valence electrons. The topological polar surface area (TPSA) is 46.4 Å². The average molecular weight is 475 g/mol. The number of carbonyl (C=O) groups excluding carboxylic acids is 1. The number of rotatable bonds is 4. The first-order valence-electron chi connectivity index (χ1n) is 8.00. The zero-order valence-electron chi connectivity index (χ0n) is 14.3. The van der Waals surface area contributed by atoms with Crippen molar-refractivity contribution in [1.29, 1.82) is 0 Å². The molecule has 0 aliphatic carbocycles. The number of nitrogens with one attached hydrogen (secondary N) is 1. The Morgan fingerprint density at radius 1 is 1.08 bits per heavy atom. The smallest absolute Gasteiger partial charge is 0.272 e. The van der Waals surface area contributed by atoms with Crippen LogP contribution in [0.1, 0.15) is 27.3 Å². The van der Waals surface area contributed by atoms with Crippen molar-refractivity contribution in [2.45, 2.75) is 13.8 Å². The number of hydrogen-bond acceptors (Lipinski definition) is 2. The van der Waals surface area contributed by atoms with Gasteiger partial charge in [-0.25, -0.2) is 5.43 Å². The second kappa shape index (κ2) is 8.01. The molecule has 0 spiro atoms. The van der Waals surface area contributed by atoms with Crippen molar-refractivity contribution in [1.82, 2.24) is 9.99 Å². The van der Waals surface area contributed by atoms with E-state index in [2.05, 4.69) is 59.1 Å². The zero-order chi connectivity index (χ0) is 18.7. The minimum absolute atomic E-state index is 0.255. The Morgan fingerprint density at radius 2 is 1.85 bits per heavy atom. The molecule has 6 heteroatoms. The SMILES string of the molecule is Cc1cc(/C=N/NC(=O)c2ccccc2Br)c(C)n1-c1cccc(Br)c1. The normalized spacial score (nSPS) is 11.1. The van der Waals surface area contributed by atoms with Crippen molar-refractivity contribution in [3.8, 4) is 5.69 Å². The molecule has 0 aliphatic rings. The summed E-state index contributed by atoms with van der Waals surface area (Å²) in [7, 11) is 0. The summed E-state index contributed by atoms with van der Waals surface area (Å²) in [6.45, 7) is 4.08. The Kier molecular flexibility index (Phi) is 5.74. The van der Waals surface area contributed by atoms with Crippen molar-refractivity contribution < 1.29 is 4.79 Å². The van der Waals surface area contributed by atoms with Crippen LogP contribution in [0.4, 0.5) is 0 Å². The van der Waals surface area contributed by atoms with Gasteiger partial charge in [0.2, 0.25) is 0 Å². The summed E-state index contributed by atoms with van der Waals surface area (Å²) in [6.07, 6.45) is 1.67. The maximum Gasteiger partial charge on any atom is 0.272 e. The quantitative estimate of drug-likeness (QED) is 0.400. The highest BCUT2D eigenvalue weighted by Crippen LogP contribution is 2.22. The third-order valence-corrected chi connectivity index (χ3v) is 5.21. The highest BCUT2D eigenvalue weighted by molar-refractivity contribution is 9.10. The van der Waals surface area contributed by atoms with Gasteiger partial charge in [-0.3, -0.25) is 4.79 Å². The van der Waals surface area contributed by atoms with E-state index in [1.165, 1.54) is 0 Å². The summed E-state index contributed by atoms with van der Waals surface area (Å²) in [6, 6.07) is 17.4. The predicted octanol–water partition coefficient (Wildman–Crippen LogP) is 5.38. The number of hydrazone groups is 1. The first kappa shape index (κ1) is 18.6. The summed E-state index contributed by atoms with van der Waals surface area (Å²) in [5, 5.41) is 4.12.